The molecule has 0 radical (unpaired) electrons. The van der Waals surface area contributed by atoms with Crippen molar-refractivity contribution >= 4 is 16.9 Å². The highest BCUT2D eigenvalue weighted by Gasteiger charge is 2.52. The fraction of sp³-hybridized carbons (Fsp3) is 0.238. The van der Waals surface area contributed by atoms with Crippen molar-refractivity contribution in [1.29, 1.82) is 0 Å². The van der Waals surface area contributed by atoms with Crippen LogP contribution in [0.15, 0.2) is 138 Å². The molecule has 5 aliphatic rings. The first-order valence-corrected chi connectivity index (χ1v) is 15.9. The summed E-state index contributed by atoms with van der Waals surface area (Å²) < 4.78 is 0. The van der Waals surface area contributed by atoms with Crippen LogP contribution >= 0.6 is 0 Å². The molecule has 9 rings (SSSR count). The Morgan fingerprint density at radius 1 is 0.721 bits per heavy atom. The van der Waals surface area contributed by atoms with Crippen molar-refractivity contribution in [2.24, 2.45) is 5.41 Å². The van der Waals surface area contributed by atoms with Crippen LogP contribution in [-0.2, 0) is 5.41 Å². The predicted octanol–water partition coefficient (Wildman–Crippen LogP) is 10.7. The number of allylic oxidation sites excluding steroid dienone is 5. The molecule has 1 heterocycles. The second-order valence-corrected chi connectivity index (χ2v) is 14.0. The van der Waals surface area contributed by atoms with Crippen LogP contribution in [0.2, 0.25) is 0 Å². The molecule has 43 heavy (non-hydrogen) atoms. The standard InChI is InChI=1S/C42H37N/c1-41(2)34-19-11-8-16-28(34)29-23-22-26(24-36(29)41)32-25-33-30-17-10-13-21-37(30)43(27-14-6-5-7-15-27)40(33)38-31-18-9-12-20-35(31)42(3,4)39(32)38/h5-11,13-19,21-25,33,40H,12,20H2,1-4H3. The van der Waals surface area contributed by atoms with Gasteiger partial charge < -0.3 is 4.90 Å². The topological polar surface area (TPSA) is 3.24 Å². The van der Waals surface area contributed by atoms with E-state index in [4.69, 9.17) is 0 Å². The Morgan fingerprint density at radius 3 is 2.33 bits per heavy atom. The fourth-order valence-corrected chi connectivity index (χ4v) is 9.20. The average molecular weight is 556 g/mol. The average Bonchev–Trinajstić information content (AvgIpc) is 3.58. The van der Waals surface area contributed by atoms with Gasteiger partial charge in [0.15, 0.2) is 0 Å². The molecule has 1 aliphatic heterocycles. The number of hydrogen-bond acceptors (Lipinski definition) is 1. The Balaban J connectivity index is 1.30. The summed E-state index contributed by atoms with van der Waals surface area (Å²) >= 11 is 0. The van der Waals surface area contributed by atoms with Crippen molar-refractivity contribution in [2.75, 3.05) is 4.90 Å². The first kappa shape index (κ1) is 25.2. The van der Waals surface area contributed by atoms with Crippen molar-refractivity contribution in [2.45, 2.75) is 57.9 Å². The Bertz CT molecular complexity index is 1980. The Morgan fingerprint density at radius 2 is 1.47 bits per heavy atom. The molecule has 210 valence electrons. The molecular formula is C42H37N. The molecule has 0 amide bonds. The molecule has 0 fully saturated rings. The second-order valence-electron chi connectivity index (χ2n) is 14.0. The third-order valence-corrected chi connectivity index (χ3v) is 11.1. The minimum absolute atomic E-state index is 0.0214. The lowest BCUT2D eigenvalue weighted by atomic mass is 9.69. The molecule has 1 heteroatoms. The predicted molar refractivity (Wildman–Crippen MR) is 180 cm³/mol. The number of hydrogen-bond donors (Lipinski definition) is 0. The van der Waals surface area contributed by atoms with Crippen molar-refractivity contribution in [3.63, 3.8) is 0 Å². The molecule has 4 aromatic rings. The van der Waals surface area contributed by atoms with Crippen molar-refractivity contribution in [3.05, 3.63) is 160 Å². The number of anilines is 2. The summed E-state index contributed by atoms with van der Waals surface area (Å²) in [4.78, 5) is 2.64. The second kappa shape index (κ2) is 8.60. The van der Waals surface area contributed by atoms with E-state index in [-0.39, 0.29) is 22.8 Å². The lowest BCUT2D eigenvalue weighted by Crippen LogP contribution is -2.35. The zero-order valence-corrected chi connectivity index (χ0v) is 25.5. The molecule has 0 bridgehead atoms. The minimum Gasteiger partial charge on any atom is -0.333 e. The Kier molecular flexibility index (Phi) is 5.04. The fourth-order valence-electron chi connectivity index (χ4n) is 9.20. The SMILES string of the molecule is CC1(C)C2=C(C=CCC2)C2=C1C(c1ccc3c(c1)C(C)(C)c1ccccc1-3)=CC1c3ccccc3N(c3ccccc3)C21. The Labute approximate surface area is 255 Å². The van der Waals surface area contributed by atoms with Gasteiger partial charge in [0.25, 0.3) is 0 Å². The molecule has 0 saturated carbocycles. The van der Waals surface area contributed by atoms with Gasteiger partial charge >= 0.3 is 0 Å². The van der Waals surface area contributed by atoms with Crippen LogP contribution in [0.25, 0.3) is 16.7 Å². The molecule has 2 atom stereocenters. The van der Waals surface area contributed by atoms with Crippen LogP contribution in [-0.4, -0.2) is 6.04 Å². The smallest absolute Gasteiger partial charge is 0.0704 e. The number of benzene rings is 4. The van der Waals surface area contributed by atoms with E-state index in [1.165, 1.54) is 61.5 Å². The van der Waals surface area contributed by atoms with Crippen LogP contribution in [0.1, 0.15) is 68.7 Å². The van der Waals surface area contributed by atoms with Crippen LogP contribution in [0.3, 0.4) is 0 Å². The van der Waals surface area contributed by atoms with Gasteiger partial charge in [0.2, 0.25) is 0 Å². The summed E-state index contributed by atoms with van der Waals surface area (Å²) in [6.07, 6.45) is 9.77. The molecule has 2 unspecified atom stereocenters. The molecule has 0 saturated heterocycles. The van der Waals surface area contributed by atoms with Crippen molar-refractivity contribution < 1.29 is 0 Å². The highest BCUT2D eigenvalue weighted by Crippen LogP contribution is 2.63. The zero-order valence-electron chi connectivity index (χ0n) is 25.5. The maximum atomic E-state index is 2.64. The number of rotatable bonds is 2. The van der Waals surface area contributed by atoms with E-state index in [1.54, 1.807) is 11.1 Å². The summed E-state index contributed by atoms with van der Waals surface area (Å²) in [5.41, 5.74) is 18.6. The van der Waals surface area contributed by atoms with Gasteiger partial charge in [-0.1, -0.05) is 124 Å². The van der Waals surface area contributed by atoms with Gasteiger partial charge in [-0.15, -0.1) is 0 Å². The van der Waals surface area contributed by atoms with Crippen molar-refractivity contribution in [1.82, 2.24) is 0 Å². The van der Waals surface area contributed by atoms with Gasteiger partial charge in [0, 0.05) is 28.1 Å². The number of nitrogens with zero attached hydrogens (tertiary/aromatic N) is 1. The van der Waals surface area contributed by atoms with E-state index in [0.29, 0.717) is 0 Å². The quantitative estimate of drug-likeness (QED) is 0.238. The highest BCUT2D eigenvalue weighted by molar-refractivity contribution is 5.94. The van der Waals surface area contributed by atoms with Crippen LogP contribution in [0.4, 0.5) is 11.4 Å². The van der Waals surface area contributed by atoms with E-state index in [0.717, 1.165) is 12.8 Å². The third-order valence-electron chi connectivity index (χ3n) is 11.1. The number of para-hydroxylation sites is 2. The van der Waals surface area contributed by atoms with Crippen molar-refractivity contribution in [3.8, 4) is 11.1 Å². The van der Waals surface area contributed by atoms with E-state index >= 15 is 0 Å². The van der Waals surface area contributed by atoms with E-state index in [2.05, 4.69) is 148 Å². The minimum atomic E-state index is -0.0269. The lowest BCUT2D eigenvalue weighted by molar-refractivity contribution is 0.533. The number of fused-ring (bicyclic) bond motifs is 8. The maximum absolute atomic E-state index is 2.64. The van der Waals surface area contributed by atoms with Gasteiger partial charge in [-0.3, -0.25) is 0 Å². The molecule has 0 aromatic heterocycles. The summed E-state index contributed by atoms with van der Waals surface area (Å²) in [5, 5.41) is 0. The van der Waals surface area contributed by atoms with Gasteiger partial charge in [-0.05, 0) is 92.8 Å². The summed E-state index contributed by atoms with van der Waals surface area (Å²) in [7, 11) is 0. The van der Waals surface area contributed by atoms with E-state index < -0.39 is 0 Å². The van der Waals surface area contributed by atoms with Crippen LogP contribution in [0.5, 0.6) is 0 Å². The van der Waals surface area contributed by atoms with Crippen LogP contribution < -0.4 is 4.90 Å². The van der Waals surface area contributed by atoms with E-state index in [9.17, 15) is 0 Å². The summed E-state index contributed by atoms with van der Waals surface area (Å²) in [6.45, 7) is 9.76. The summed E-state index contributed by atoms with van der Waals surface area (Å²) in [6, 6.07) is 36.7. The first-order valence-electron chi connectivity index (χ1n) is 15.9. The maximum Gasteiger partial charge on any atom is 0.0704 e. The summed E-state index contributed by atoms with van der Waals surface area (Å²) in [5.74, 6) is 0.279. The van der Waals surface area contributed by atoms with E-state index in [1.807, 2.05) is 0 Å². The highest BCUT2D eigenvalue weighted by atomic mass is 15.2. The van der Waals surface area contributed by atoms with Gasteiger partial charge in [-0.2, -0.15) is 0 Å². The molecule has 0 N–H and O–H groups in total. The normalized spacial score (nSPS) is 23.3. The molecule has 4 aliphatic carbocycles. The first-order chi connectivity index (χ1) is 20.9. The Hall–Kier alpha value is -4.36. The van der Waals surface area contributed by atoms with Crippen LogP contribution in [0, 0.1) is 5.41 Å². The third kappa shape index (κ3) is 3.23. The monoisotopic (exact) mass is 555 g/mol. The molecule has 4 aromatic carbocycles. The molecule has 1 nitrogen and oxygen atoms in total. The largest absolute Gasteiger partial charge is 0.333 e. The molecule has 0 spiro atoms. The van der Waals surface area contributed by atoms with Gasteiger partial charge in [0.05, 0.1) is 6.04 Å². The van der Waals surface area contributed by atoms with Gasteiger partial charge in [0.1, 0.15) is 0 Å². The zero-order chi connectivity index (χ0) is 29.1. The lowest BCUT2D eigenvalue weighted by Gasteiger charge is -2.38. The van der Waals surface area contributed by atoms with Gasteiger partial charge in [-0.25, -0.2) is 0 Å². The molecular weight excluding hydrogens is 518 g/mol.